The van der Waals surface area contributed by atoms with Crippen molar-refractivity contribution in [1.82, 2.24) is 0 Å². The molecule has 0 aromatic rings. The molecule has 0 bridgehead atoms. The Morgan fingerprint density at radius 1 is 1.80 bits per heavy atom. The molecule has 1 aliphatic heterocycles. The van der Waals surface area contributed by atoms with Gasteiger partial charge in [-0.3, -0.25) is 0 Å². The molecule has 1 heterocycles. The van der Waals surface area contributed by atoms with Crippen molar-refractivity contribution in [2.24, 2.45) is 0 Å². The van der Waals surface area contributed by atoms with Crippen molar-refractivity contribution in [3.8, 4) is 0 Å². The first-order chi connectivity index (χ1) is 1.89. The second-order valence-corrected chi connectivity index (χ2v) is 0.827. The van der Waals surface area contributed by atoms with E-state index in [1.165, 1.54) is 0 Å². The van der Waals surface area contributed by atoms with Crippen LogP contribution in [0.25, 0.3) is 0 Å². The zero-order chi connectivity index (χ0) is 2.99. The highest BCUT2D eigenvalue weighted by molar-refractivity contribution is 4.94. The van der Waals surface area contributed by atoms with Crippen molar-refractivity contribution in [2.45, 2.75) is 7.43 Å². The molecule has 5 heavy (non-hydrogen) atoms. The Labute approximate surface area is 32.3 Å². The van der Waals surface area contributed by atoms with Crippen LogP contribution in [0.15, 0.2) is 12.3 Å². The molecule has 0 aliphatic carbocycles. The highest BCUT2D eigenvalue weighted by Crippen LogP contribution is 2.07. The SMILES string of the molecule is C.C=C1CO1. The van der Waals surface area contributed by atoms with E-state index in [1.807, 2.05) is 0 Å². The lowest BCUT2D eigenvalue weighted by Crippen LogP contribution is -1.21. The molecular formula is C4H8O. The molecule has 0 aromatic carbocycles. The van der Waals surface area contributed by atoms with Gasteiger partial charge in [0.15, 0.2) is 0 Å². The largest absolute Gasteiger partial charge is 0.487 e. The van der Waals surface area contributed by atoms with Crippen molar-refractivity contribution in [3.63, 3.8) is 0 Å². The molecule has 0 unspecified atom stereocenters. The average molecular weight is 72.1 g/mol. The molecule has 0 aromatic heterocycles. The van der Waals surface area contributed by atoms with Gasteiger partial charge < -0.3 is 4.74 Å². The maximum absolute atomic E-state index is 4.51. The summed E-state index contributed by atoms with van der Waals surface area (Å²) in [5.41, 5.74) is 0. The van der Waals surface area contributed by atoms with Gasteiger partial charge in [-0.25, -0.2) is 0 Å². The minimum atomic E-state index is 0. The molecule has 0 saturated carbocycles. The Morgan fingerprint density at radius 2 is 2.00 bits per heavy atom. The second-order valence-electron chi connectivity index (χ2n) is 0.827. The molecule has 1 aliphatic rings. The molecule has 0 atom stereocenters. The summed E-state index contributed by atoms with van der Waals surface area (Å²) in [5.74, 6) is 0.917. The Hall–Kier alpha value is -0.460. The van der Waals surface area contributed by atoms with Crippen LogP contribution >= 0.6 is 0 Å². The van der Waals surface area contributed by atoms with Crippen LogP contribution in [0.2, 0.25) is 0 Å². The highest BCUT2D eigenvalue weighted by atomic mass is 16.6. The van der Waals surface area contributed by atoms with Gasteiger partial charge in [0.1, 0.15) is 12.4 Å². The van der Waals surface area contributed by atoms with Gasteiger partial charge in [-0.2, -0.15) is 0 Å². The standard InChI is InChI=1S/C3H4O.CH4/c1-3-2-4-3;/h1-2H2;1H4. The Balaban J connectivity index is 0.000000160. The summed E-state index contributed by atoms with van der Waals surface area (Å²) in [5, 5.41) is 0. The second kappa shape index (κ2) is 1.11. The van der Waals surface area contributed by atoms with E-state index in [1.54, 1.807) is 0 Å². The van der Waals surface area contributed by atoms with E-state index in [2.05, 4.69) is 11.3 Å². The molecule has 1 saturated heterocycles. The van der Waals surface area contributed by atoms with E-state index in [4.69, 9.17) is 0 Å². The number of rotatable bonds is 0. The summed E-state index contributed by atoms with van der Waals surface area (Å²) >= 11 is 0. The molecule has 1 rings (SSSR count). The molecule has 0 amide bonds. The molecule has 1 fully saturated rings. The normalized spacial score (nSPS) is 15.6. The minimum absolute atomic E-state index is 0. The van der Waals surface area contributed by atoms with Gasteiger partial charge in [0.2, 0.25) is 0 Å². The lowest BCUT2D eigenvalue weighted by Gasteiger charge is -1.39. The van der Waals surface area contributed by atoms with Crippen LogP contribution in [-0.2, 0) is 4.74 Å². The Kier molecular flexibility index (Phi) is 1.01. The van der Waals surface area contributed by atoms with Crippen molar-refractivity contribution >= 4 is 0 Å². The molecule has 1 nitrogen and oxygen atoms in total. The summed E-state index contributed by atoms with van der Waals surface area (Å²) in [4.78, 5) is 0. The van der Waals surface area contributed by atoms with E-state index in [0.29, 0.717) is 0 Å². The van der Waals surface area contributed by atoms with Crippen molar-refractivity contribution in [1.29, 1.82) is 0 Å². The lowest BCUT2D eigenvalue weighted by atomic mass is 10.8. The van der Waals surface area contributed by atoms with E-state index in [-0.39, 0.29) is 7.43 Å². The Bertz CT molecular complexity index is 41.6. The minimum Gasteiger partial charge on any atom is -0.487 e. The van der Waals surface area contributed by atoms with Gasteiger partial charge in [-0.15, -0.1) is 0 Å². The van der Waals surface area contributed by atoms with Crippen LogP contribution in [0, 0.1) is 0 Å². The van der Waals surface area contributed by atoms with Crippen LogP contribution in [0.4, 0.5) is 0 Å². The third kappa shape index (κ3) is 1.30. The van der Waals surface area contributed by atoms with Crippen molar-refractivity contribution < 1.29 is 4.74 Å². The molecule has 0 N–H and O–H groups in total. The van der Waals surface area contributed by atoms with Gasteiger partial charge >= 0.3 is 0 Å². The summed E-state index contributed by atoms with van der Waals surface area (Å²) in [6.45, 7) is 4.24. The van der Waals surface area contributed by atoms with E-state index >= 15 is 0 Å². The first kappa shape index (κ1) is 4.54. The van der Waals surface area contributed by atoms with Gasteiger partial charge in [-0.1, -0.05) is 14.0 Å². The topological polar surface area (TPSA) is 12.5 Å². The lowest BCUT2D eigenvalue weighted by molar-refractivity contribution is 0.511. The summed E-state index contributed by atoms with van der Waals surface area (Å²) in [6.07, 6.45) is 0. The van der Waals surface area contributed by atoms with Crippen LogP contribution in [0.5, 0.6) is 0 Å². The predicted molar refractivity (Wildman–Crippen MR) is 21.8 cm³/mol. The number of ether oxygens (including phenoxy) is 1. The van der Waals surface area contributed by atoms with E-state index in [0.717, 1.165) is 12.4 Å². The highest BCUT2D eigenvalue weighted by Gasteiger charge is 2.05. The number of hydrogen-bond acceptors (Lipinski definition) is 1. The zero-order valence-corrected chi connectivity index (χ0v) is 2.32. The quantitative estimate of drug-likeness (QED) is 0.391. The van der Waals surface area contributed by atoms with Crippen LogP contribution in [-0.4, -0.2) is 6.61 Å². The third-order valence-electron chi connectivity index (χ3n) is 0.348. The van der Waals surface area contributed by atoms with Crippen LogP contribution < -0.4 is 0 Å². The van der Waals surface area contributed by atoms with Crippen LogP contribution in [0.3, 0.4) is 0 Å². The monoisotopic (exact) mass is 72.1 g/mol. The summed E-state index contributed by atoms with van der Waals surface area (Å²) in [7, 11) is 0. The Morgan fingerprint density at radius 3 is 2.00 bits per heavy atom. The van der Waals surface area contributed by atoms with Crippen molar-refractivity contribution in [3.05, 3.63) is 12.3 Å². The maximum atomic E-state index is 4.51. The zero-order valence-electron chi connectivity index (χ0n) is 2.32. The smallest absolute Gasteiger partial charge is 0.144 e. The van der Waals surface area contributed by atoms with Crippen molar-refractivity contribution in [2.75, 3.05) is 6.61 Å². The maximum Gasteiger partial charge on any atom is 0.144 e. The number of hydrogen-bond donors (Lipinski definition) is 0. The fraction of sp³-hybridized carbons (Fsp3) is 0.500. The average Bonchev–Trinajstić information content (AvgIpc) is 1.75. The fourth-order valence-corrected chi connectivity index (χ4v) is 0.0510. The summed E-state index contributed by atoms with van der Waals surface area (Å²) < 4.78 is 4.51. The van der Waals surface area contributed by atoms with Gasteiger partial charge in [0.25, 0.3) is 0 Å². The fourth-order valence-electron chi connectivity index (χ4n) is 0.0510. The first-order valence-electron chi connectivity index (χ1n) is 1.20. The van der Waals surface area contributed by atoms with Gasteiger partial charge in [0, 0.05) is 0 Å². The first-order valence-corrected chi connectivity index (χ1v) is 1.20. The molecule has 0 spiro atoms. The number of epoxide rings is 1. The molecular weight excluding hydrogens is 64.0 g/mol. The molecule has 1 heteroatoms. The third-order valence-corrected chi connectivity index (χ3v) is 0.348. The predicted octanol–water partition coefficient (Wildman–Crippen LogP) is 1.17. The van der Waals surface area contributed by atoms with Crippen LogP contribution in [0.1, 0.15) is 7.43 Å². The molecule has 0 radical (unpaired) electrons. The summed E-state index contributed by atoms with van der Waals surface area (Å²) in [6, 6.07) is 0. The van der Waals surface area contributed by atoms with E-state index in [9.17, 15) is 0 Å². The van der Waals surface area contributed by atoms with E-state index < -0.39 is 0 Å². The van der Waals surface area contributed by atoms with Gasteiger partial charge in [0.05, 0.1) is 0 Å². The molecule has 30 valence electrons. The van der Waals surface area contributed by atoms with Gasteiger partial charge in [-0.05, 0) is 0 Å².